The molecule has 0 N–H and O–H groups in total. The molecular formula is C15H20NY. The van der Waals surface area contributed by atoms with Gasteiger partial charge in [-0.3, -0.25) is 4.98 Å². The first-order chi connectivity index (χ1) is 7.27. The summed E-state index contributed by atoms with van der Waals surface area (Å²) in [6, 6.07) is 4.17. The zero-order valence-corrected chi connectivity index (χ0v) is 13.7. The fourth-order valence-corrected chi connectivity index (χ4v) is 2.35. The van der Waals surface area contributed by atoms with E-state index in [2.05, 4.69) is 37.9 Å². The van der Waals surface area contributed by atoms with Gasteiger partial charge in [-0.25, -0.2) is 0 Å². The Morgan fingerprint density at radius 1 is 1.29 bits per heavy atom. The fourth-order valence-electron chi connectivity index (χ4n) is 2.35. The van der Waals surface area contributed by atoms with Crippen LogP contribution in [0, 0.1) is 21.3 Å². The van der Waals surface area contributed by atoms with E-state index in [1.165, 1.54) is 11.1 Å². The average Bonchev–Trinajstić information content (AvgIpc) is 2.64. The summed E-state index contributed by atoms with van der Waals surface area (Å²) in [5, 5.41) is 0. The van der Waals surface area contributed by atoms with Gasteiger partial charge in [0, 0.05) is 6.20 Å². The van der Waals surface area contributed by atoms with Gasteiger partial charge in [0.1, 0.15) is 0 Å². The molecular weight excluding hydrogens is 283 g/mol. The van der Waals surface area contributed by atoms with E-state index in [1.54, 1.807) is 0 Å². The Bertz CT molecular complexity index is 392. The van der Waals surface area contributed by atoms with Crippen molar-refractivity contribution in [3.8, 4) is 0 Å². The van der Waals surface area contributed by atoms with E-state index in [4.69, 9.17) is 0 Å². The standard InChI is InChI=1S/C14H17N.CH3.Y/c1-4-11-10-14(5-2,6-3)12-8-7-9-15-13(11)12;;/h7-10H,2-6H2,1H3;1H3;/q-2;-1;+3. The largest absolute Gasteiger partial charge is 3.00 e. The van der Waals surface area contributed by atoms with Gasteiger partial charge >= 0.3 is 32.7 Å². The van der Waals surface area contributed by atoms with Gasteiger partial charge in [-0.05, 0) is 29.0 Å². The number of aromatic nitrogens is 1. The van der Waals surface area contributed by atoms with E-state index in [0.29, 0.717) is 0 Å². The Balaban J connectivity index is 0.00000128. The van der Waals surface area contributed by atoms with Gasteiger partial charge in [0.05, 0.1) is 5.69 Å². The zero-order valence-electron chi connectivity index (χ0n) is 10.9. The van der Waals surface area contributed by atoms with Gasteiger partial charge in [-0.15, -0.1) is 0 Å². The van der Waals surface area contributed by atoms with E-state index in [0.717, 1.165) is 25.0 Å². The molecule has 0 radical (unpaired) electrons. The van der Waals surface area contributed by atoms with Crippen LogP contribution in [0.15, 0.2) is 24.4 Å². The summed E-state index contributed by atoms with van der Waals surface area (Å²) >= 11 is 0. The van der Waals surface area contributed by atoms with Crippen LogP contribution in [-0.4, -0.2) is 4.98 Å². The molecule has 0 spiro atoms. The Labute approximate surface area is 131 Å². The summed E-state index contributed by atoms with van der Waals surface area (Å²) in [4.78, 5) is 4.48. The number of allylic oxidation sites excluding steroid dienone is 2. The molecule has 0 saturated carbocycles. The van der Waals surface area contributed by atoms with Crippen LogP contribution in [0.2, 0.25) is 0 Å². The van der Waals surface area contributed by atoms with Crippen molar-refractivity contribution in [3.05, 3.63) is 56.9 Å². The Morgan fingerprint density at radius 2 is 1.94 bits per heavy atom. The zero-order chi connectivity index (χ0) is 10.9. The van der Waals surface area contributed by atoms with Crippen molar-refractivity contribution in [2.45, 2.75) is 31.6 Å². The third kappa shape index (κ3) is 2.71. The van der Waals surface area contributed by atoms with Gasteiger partial charge in [0.25, 0.3) is 0 Å². The molecule has 1 aliphatic carbocycles. The topological polar surface area (TPSA) is 12.9 Å². The normalized spacial score (nSPS) is 15.4. The van der Waals surface area contributed by atoms with Crippen molar-refractivity contribution < 1.29 is 32.7 Å². The van der Waals surface area contributed by atoms with Crippen LogP contribution in [0.25, 0.3) is 5.57 Å². The SMILES string of the molecule is [CH2-]CC1(C[CH2-])C=C(CC)c2ncccc21.[CH3-].[Y+3]. The van der Waals surface area contributed by atoms with Crippen LogP contribution in [0.5, 0.6) is 0 Å². The molecule has 0 aromatic carbocycles. The predicted molar refractivity (Wildman–Crippen MR) is 70.5 cm³/mol. The van der Waals surface area contributed by atoms with E-state index < -0.39 is 0 Å². The Morgan fingerprint density at radius 3 is 2.47 bits per heavy atom. The van der Waals surface area contributed by atoms with Gasteiger partial charge in [0.2, 0.25) is 0 Å². The molecule has 0 saturated heterocycles. The molecule has 1 aliphatic rings. The van der Waals surface area contributed by atoms with E-state index in [1.807, 2.05) is 12.3 Å². The predicted octanol–water partition coefficient (Wildman–Crippen LogP) is 4.02. The molecule has 1 nitrogen and oxygen atoms in total. The summed E-state index contributed by atoms with van der Waals surface area (Å²) < 4.78 is 0. The molecule has 0 unspecified atom stereocenters. The molecule has 0 bridgehead atoms. The quantitative estimate of drug-likeness (QED) is 0.769. The van der Waals surface area contributed by atoms with Crippen molar-refractivity contribution in [1.82, 2.24) is 4.98 Å². The maximum atomic E-state index is 4.48. The molecule has 1 heterocycles. The van der Waals surface area contributed by atoms with E-state index in [9.17, 15) is 0 Å². The van der Waals surface area contributed by atoms with E-state index >= 15 is 0 Å². The molecule has 1 aromatic rings. The van der Waals surface area contributed by atoms with Gasteiger partial charge in [-0.1, -0.05) is 19.1 Å². The van der Waals surface area contributed by atoms with Crippen molar-refractivity contribution in [1.29, 1.82) is 0 Å². The Kier molecular flexibility index (Phi) is 6.80. The van der Waals surface area contributed by atoms with Gasteiger partial charge in [-0.2, -0.15) is 12.8 Å². The van der Waals surface area contributed by atoms with E-state index in [-0.39, 0.29) is 45.6 Å². The van der Waals surface area contributed by atoms with Crippen LogP contribution in [0.4, 0.5) is 0 Å². The summed E-state index contributed by atoms with van der Waals surface area (Å²) in [5.41, 5.74) is 3.85. The second-order valence-electron chi connectivity index (χ2n) is 4.08. The molecule has 2 heteroatoms. The number of fused-ring (bicyclic) bond motifs is 1. The minimum absolute atomic E-state index is 0. The summed E-state index contributed by atoms with van der Waals surface area (Å²) in [7, 11) is 0. The van der Waals surface area contributed by atoms with Crippen molar-refractivity contribution in [2.24, 2.45) is 0 Å². The third-order valence-corrected chi connectivity index (χ3v) is 3.37. The second-order valence-corrected chi connectivity index (χ2v) is 4.08. The number of rotatable bonds is 3. The van der Waals surface area contributed by atoms with Gasteiger partial charge < -0.3 is 21.3 Å². The average molecular weight is 303 g/mol. The maximum absolute atomic E-state index is 4.48. The molecule has 0 amide bonds. The van der Waals surface area contributed by atoms with Crippen molar-refractivity contribution in [2.75, 3.05) is 0 Å². The third-order valence-electron chi connectivity index (χ3n) is 3.37. The molecule has 0 atom stereocenters. The molecule has 0 fully saturated rings. The fraction of sp³-hybridized carbons (Fsp3) is 0.333. The van der Waals surface area contributed by atoms with Crippen LogP contribution >= 0.6 is 0 Å². The van der Waals surface area contributed by atoms with Gasteiger partial charge in [0.15, 0.2) is 0 Å². The van der Waals surface area contributed by atoms with Crippen LogP contribution < -0.4 is 0 Å². The summed E-state index contributed by atoms with van der Waals surface area (Å²) in [5.74, 6) is 0. The number of pyridine rings is 1. The first-order valence-corrected chi connectivity index (χ1v) is 5.53. The minimum Gasteiger partial charge on any atom is -0.358 e. The number of nitrogens with zero attached hydrogens (tertiary/aromatic N) is 1. The first kappa shape index (κ1) is 17.0. The Hall–Kier alpha value is -0.00610. The molecule has 2 rings (SSSR count). The van der Waals surface area contributed by atoms with Crippen LogP contribution in [0.3, 0.4) is 0 Å². The molecule has 0 aliphatic heterocycles. The smallest absolute Gasteiger partial charge is 0.358 e. The van der Waals surface area contributed by atoms with Crippen LogP contribution in [0.1, 0.15) is 37.4 Å². The van der Waals surface area contributed by atoms with Crippen LogP contribution in [-0.2, 0) is 38.1 Å². The first-order valence-electron chi connectivity index (χ1n) is 5.53. The monoisotopic (exact) mass is 303 g/mol. The number of hydrogen-bond donors (Lipinski definition) is 0. The minimum atomic E-state index is 0. The molecule has 88 valence electrons. The van der Waals surface area contributed by atoms with Crippen molar-refractivity contribution in [3.63, 3.8) is 0 Å². The second kappa shape index (κ2) is 6.80. The van der Waals surface area contributed by atoms with Crippen molar-refractivity contribution >= 4 is 5.57 Å². The maximum Gasteiger partial charge on any atom is 3.00 e. The molecule has 1 aromatic heterocycles. The summed E-state index contributed by atoms with van der Waals surface area (Å²) in [6.45, 7) is 10.3. The molecule has 17 heavy (non-hydrogen) atoms. The summed E-state index contributed by atoms with van der Waals surface area (Å²) in [6.07, 6.45) is 6.94. The number of hydrogen-bond acceptors (Lipinski definition) is 1.